The summed E-state index contributed by atoms with van der Waals surface area (Å²) in [7, 11) is 0. The van der Waals surface area contributed by atoms with Crippen LogP contribution in [0, 0.1) is 0 Å². The summed E-state index contributed by atoms with van der Waals surface area (Å²) in [5, 5.41) is 12.5. The fourth-order valence-electron chi connectivity index (χ4n) is 5.68. The van der Waals surface area contributed by atoms with Gasteiger partial charge in [0.25, 0.3) is 5.91 Å². The van der Waals surface area contributed by atoms with Crippen LogP contribution < -0.4 is 20.1 Å². The number of fused-ring (bicyclic) bond motifs is 1. The zero-order chi connectivity index (χ0) is 35.4. The molecule has 6 rings (SSSR count). The van der Waals surface area contributed by atoms with Crippen LogP contribution in [0.3, 0.4) is 0 Å². The summed E-state index contributed by atoms with van der Waals surface area (Å²) >= 11 is 11.7. The molecule has 0 fully saturated rings. The van der Waals surface area contributed by atoms with Gasteiger partial charge in [0.2, 0.25) is 11.1 Å². The highest BCUT2D eigenvalue weighted by atomic mass is 79.9. The number of carbonyl (C=O) groups is 1. The third-order valence-corrected chi connectivity index (χ3v) is 10.1. The van der Waals surface area contributed by atoms with Crippen LogP contribution in [0.4, 0.5) is 11.6 Å². The molecule has 0 spiro atoms. The van der Waals surface area contributed by atoms with Gasteiger partial charge >= 0.3 is 0 Å². The Morgan fingerprint density at radius 2 is 1.74 bits per heavy atom. The summed E-state index contributed by atoms with van der Waals surface area (Å²) in [6.07, 6.45) is 0. The van der Waals surface area contributed by atoms with Gasteiger partial charge in [-0.1, -0.05) is 105 Å². The number of benzene rings is 4. The van der Waals surface area contributed by atoms with E-state index in [9.17, 15) is 4.79 Å². The molecule has 0 saturated heterocycles. The minimum absolute atomic E-state index is 0.0672. The van der Waals surface area contributed by atoms with Crippen molar-refractivity contribution in [2.24, 2.45) is 0 Å². The number of rotatable bonds is 11. The zero-order valence-corrected chi connectivity index (χ0v) is 31.7. The van der Waals surface area contributed by atoms with E-state index in [0.717, 1.165) is 16.7 Å². The average molecular weight is 773 g/mol. The van der Waals surface area contributed by atoms with Gasteiger partial charge in [-0.25, -0.2) is 4.68 Å². The molecule has 50 heavy (non-hydrogen) atoms. The van der Waals surface area contributed by atoms with Gasteiger partial charge in [0.1, 0.15) is 12.6 Å². The van der Waals surface area contributed by atoms with E-state index in [1.54, 1.807) is 4.68 Å². The van der Waals surface area contributed by atoms with Crippen LogP contribution in [0.1, 0.15) is 62.9 Å². The standard InChI is InChI=1S/C39H39BrClN5O3S/c1-6-48-32-21-27(20-30(40)35(32)49-22-25-16-18-28(19-17-25)39(3,4)5)34-33(36(47)43-29-13-8-7-9-14-29)24(2)42-37-44-38(45-46(34)37)50-23-26-12-10-11-15-31(26)41/h7-21,34H,6,22-23H2,1-5H3,(H,43,47)(H,42,44,45). The number of carbonyl (C=O) groups excluding carboxylic acids is 1. The first-order valence-electron chi connectivity index (χ1n) is 16.4. The van der Waals surface area contributed by atoms with Gasteiger partial charge in [-0.2, -0.15) is 4.98 Å². The molecule has 1 aliphatic rings. The SMILES string of the molecule is CCOc1cc(C2C(C(=O)Nc3ccccc3)=C(C)Nc3nc(SCc4ccccc4Cl)nn32)cc(Br)c1OCc1ccc(C(C)(C)C)cc1. The normalized spacial score (nSPS) is 14.2. The maximum Gasteiger partial charge on any atom is 0.255 e. The summed E-state index contributed by atoms with van der Waals surface area (Å²) in [6.45, 7) is 11.2. The van der Waals surface area contributed by atoms with Crippen molar-refractivity contribution in [2.75, 3.05) is 17.2 Å². The molecular weight excluding hydrogens is 734 g/mol. The second kappa shape index (κ2) is 15.3. The number of halogens is 2. The number of allylic oxidation sites excluding steroid dienone is 1. The molecule has 0 saturated carbocycles. The minimum atomic E-state index is -0.633. The lowest BCUT2D eigenvalue weighted by Gasteiger charge is -2.29. The molecule has 5 aromatic rings. The number of nitrogens with one attached hydrogen (secondary N) is 2. The Hall–Kier alpha value is -4.25. The van der Waals surface area contributed by atoms with Crippen LogP contribution >= 0.6 is 39.3 Å². The van der Waals surface area contributed by atoms with Crippen molar-refractivity contribution in [2.45, 2.75) is 63.6 Å². The topological polar surface area (TPSA) is 90.3 Å². The lowest BCUT2D eigenvalue weighted by molar-refractivity contribution is -0.113. The van der Waals surface area contributed by atoms with E-state index < -0.39 is 6.04 Å². The number of amides is 1. The van der Waals surface area contributed by atoms with Crippen LogP contribution in [-0.4, -0.2) is 27.3 Å². The number of thioether (sulfide) groups is 1. The Morgan fingerprint density at radius 1 is 1.02 bits per heavy atom. The molecular formula is C39H39BrClN5O3S. The Labute approximate surface area is 310 Å². The number of nitrogens with zero attached hydrogens (tertiary/aromatic N) is 3. The van der Waals surface area contributed by atoms with Crippen molar-refractivity contribution in [3.63, 3.8) is 0 Å². The van der Waals surface area contributed by atoms with Crippen LogP contribution in [0.25, 0.3) is 0 Å². The maximum atomic E-state index is 14.1. The lowest BCUT2D eigenvalue weighted by Crippen LogP contribution is -2.31. The Morgan fingerprint density at radius 3 is 2.44 bits per heavy atom. The number of ether oxygens (including phenoxy) is 2. The second-order valence-electron chi connectivity index (χ2n) is 12.9. The van der Waals surface area contributed by atoms with Crippen LogP contribution in [-0.2, 0) is 22.6 Å². The fourth-order valence-corrected chi connectivity index (χ4v) is 7.37. The van der Waals surface area contributed by atoms with E-state index in [0.29, 0.717) is 68.0 Å². The molecule has 1 aromatic heterocycles. The molecule has 0 radical (unpaired) electrons. The van der Waals surface area contributed by atoms with Crippen molar-refractivity contribution in [3.8, 4) is 11.5 Å². The molecule has 258 valence electrons. The largest absolute Gasteiger partial charge is 0.490 e. The lowest BCUT2D eigenvalue weighted by atomic mass is 9.87. The summed E-state index contributed by atoms with van der Waals surface area (Å²) in [4.78, 5) is 18.9. The molecule has 1 amide bonds. The van der Waals surface area contributed by atoms with Gasteiger partial charge in [-0.3, -0.25) is 4.79 Å². The Kier molecular flexibility index (Phi) is 10.9. The fraction of sp³-hybridized carbons (Fsp3) is 0.256. The Bertz CT molecular complexity index is 2030. The van der Waals surface area contributed by atoms with Crippen molar-refractivity contribution < 1.29 is 14.3 Å². The molecule has 8 nitrogen and oxygen atoms in total. The van der Waals surface area contributed by atoms with Crippen molar-refractivity contribution in [1.29, 1.82) is 0 Å². The summed E-state index contributed by atoms with van der Waals surface area (Å²) in [5.74, 6) is 1.99. The predicted molar refractivity (Wildman–Crippen MR) is 205 cm³/mol. The summed E-state index contributed by atoms with van der Waals surface area (Å²) < 4.78 is 15.0. The van der Waals surface area contributed by atoms with E-state index in [2.05, 4.69) is 71.6 Å². The monoisotopic (exact) mass is 771 g/mol. The van der Waals surface area contributed by atoms with E-state index in [-0.39, 0.29) is 11.3 Å². The van der Waals surface area contributed by atoms with E-state index in [1.807, 2.05) is 80.6 Å². The van der Waals surface area contributed by atoms with Gasteiger partial charge in [-0.15, -0.1) is 5.10 Å². The second-order valence-corrected chi connectivity index (χ2v) is 15.1. The van der Waals surface area contributed by atoms with Gasteiger partial charge < -0.3 is 20.1 Å². The first kappa shape index (κ1) is 35.6. The summed E-state index contributed by atoms with van der Waals surface area (Å²) in [6, 6.07) is 28.8. The molecule has 0 bridgehead atoms. The molecule has 2 heterocycles. The number of anilines is 2. The molecule has 1 aliphatic heterocycles. The predicted octanol–water partition coefficient (Wildman–Crippen LogP) is 10.2. The highest BCUT2D eigenvalue weighted by Crippen LogP contribution is 2.44. The van der Waals surface area contributed by atoms with Crippen molar-refractivity contribution >= 4 is 56.8 Å². The first-order chi connectivity index (χ1) is 24.0. The van der Waals surface area contributed by atoms with E-state index in [1.165, 1.54) is 17.3 Å². The highest BCUT2D eigenvalue weighted by molar-refractivity contribution is 9.10. The van der Waals surface area contributed by atoms with Gasteiger partial charge in [0.05, 0.1) is 16.7 Å². The third kappa shape index (κ3) is 8.04. The number of para-hydroxylation sites is 1. The zero-order valence-electron chi connectivity index (χ0n) is 28.6. The molecule has 2 N–H and O–H groups in total. The first-order valence-corrected chi connectivity index (χ1v) is 18.5. The highest BCUT2D eigenvalue weighted by Gasteiger charge is 2.35. The van der Waals surface area contributed by atoms with Gasteiger partial charge in [0, 0.05) is 22.2 Å². The maximum absolute atomic E-state index is 14.1. The van der Waals surface area contributed by atoms with Crippen molar-refractivity contribution in [1.82, 2.24) is 14.8 Å². The molecule has 0 aliphatic carbocycles. The molecule has 4 aromatic carbocycles. The molecule has 1 unspecified atom stereocenters. The van der Waals surface area contributed by atoms with E-state index in [4.69, 9.17) is 31.2 Å². The molecule has 11 heteroatoms. The Balaban J connectivity index is 1.36. The van der Waals surface area contributed by atoms with Crippen LogP contribution in [0.15, 0.2) is 112 Å². The third-order valence-electron chi connectivity index (χ3n) is 8.27. The van der Waals surface area contributed by atoms with Gasteiger partial charge in [0.15, 0.2) is 11.5 Å². The van der Waals surface area contributed by atoms with Gasteiger partial charge in [-0.05, 0) is 87.8 Å². The molecule has 1 atom stereocenters. The minimum Gasteiger partial charge on any atom is -0.490 e. The smallest absolute Gasteiger partial charge is 0.255 e. The average Bonchev–Trinajstić information content (AvgIpc) is 3.49. The van der Waals surface area contributed by atoms with Crippen molar-refractivity contribution in [3.05, 3.63) is 134 Å². The van der Waals surface area contributed by atoms with Crippen LogP contribution in [0.2, 0.25) is 5.02 Å². The number of hydrogen-bond donors (Lipinski definition) is 2. The quantitative estimate of drug-likeness (QED) is 0.129. The van der Waals surface area contributed by atoms with Crippen LogP contribution in [0.5, 0.6) is 11.5 Å². The summed E-state index contributed by atoms with van der Waals surface area (Å²) in [5.41, 5.74) is 5.98. The van der Waals surface area contributed by atoms with E-state index >= 15 is 0 Å². The number of aromatic nitrogens is 3. The number of hydrogen-bond acceptors (Lipinski definition) is 7.